The van der Waals surface area contributed by atoms with Gasteiger partial charge in [0.05, 0.1) is 7.11 Å². The van der Waals surface area contributed by atoms with Crippen molar-refractivity contribution < 1.29 is 14.6 Å². The van der Waals surface area contributed by atoms with Crippen LogP contribution >= 0.6 is 0 Å². The number of aliphatic hydroxyl groups is 1. The molecule has 1 aromatic carbocycles. The van der Waals surface area contributed by atoms with Crippen LogP contribution in [0.4, 0.5) is 0 Å². The highest BCUT2D eigenvalue weighted by molar-refractivity contribution is 5.97. The lowest BCUT2D eigenvalue weighted by Crippen LogP contribution is -2.04. The second kappa shape index (κ2) is 4.05. The van der Waals surface area contributed by atoms with Crippen molar-refractivity contribution in [1.82, 2.24) is 0 Å². The Morgan fingerprint density at radius 2 is 2.23 bits per heavy atom. The number of aliphatic hydroxyl groups excluding tert-OH is 1. The van der Waals surface area contributed by atoms with E-state index in [2.05, 4.69) is 0 Å². The van der Waals surface area contributed by atoms with Gasteiger partial charge in [-0.2, -0.15) is 0 Å². The Balaban J connectivity index is 3.06. The fourth-order valence-electron chi connectivity index (χ4n) is 1.08. The minimum atomic E-state index is -0.466. The number of benzene rings is 1. The average Bonchev–Trinajstić information content (AvgIpc) is 2.17. The van der Waals surface area contributed by atoms with Gasteiger partial charge in [0.1, 0.15) is 12.4 Å². The van der Waals surface area contributed by atoms with Gasteiger partial charge >= 0.3 is 0 Å². The molecule has 0 heterocycles. The number of methoxy groups -OCH3 is 1. The van der Waals surface area contributed by atoms with Gasteiger partial charge in [0, 0.05) is 5.56 Å². The predicted molar refractivity (Wildman–Crippen MR) is 49.1 cm³/mol. The molecule has 3 heteroatoms. The monoisotopic (exact) mass is 180 g/mol. The Kier molecular flexibility index (Phi) is 3.03. The van der Waals surface area contributed by atoms with E-state index >= 15 is 0 Å². The van der Waals surface area contributed by atoms with E-state index in [1.165, 1.54) is 0 Å². The SMILES string of the molecule is COc1cc(C(=O)CO)ccc1C. The van der Waals surface area contributed by atoms with Gasteiger partial charge in [-0.1, -0.05) is 12.1 Å². The fourth-order valence-corrected chi connectivity index (χ4v) is 1.08. The zero-order valence-electron chi connectivity index (χ0n) is 7.70. The normalized spacial score (nSPS) is 9.77. The maximum atomic E-state index is 11.1. The molecule has 1 aromatic rings. The van der Waals surface area contributed by atoms with Crippen LogP contribution in [0.1, 0.15) is 15.9 Å². The van der Waals surface area contributed by atoms with E-state index in [0.717, 1.165) is 5.56 Å². The van der Waals surface area contributed by atoms with E-state index in [4.69, 9.17) is 9.84 Å². The highest BCUT2D eigenvalue weighted by atomic mass is 16.5. The number of rotatable bonds is 3. The number of hydrogen-bond acceptors (Lipinski definition) is 3. The molecule has 0 fully saturated rings. The van der Waals surface area contributed by atoms with Crippen molar-refractivity contribution in [2.45, 2.75) is 6.92 Å². The molecule has 0 radical (unpaired) electrons. The van der Waals surface area contributed by atoms with Crippen LogP contribution in [0, 0.1) is 6.92 Å². The van der Waals surface area contributed by atoms with Gasteiger partial charge in [0.25, 0.3) is 0 Å². The molecular weight excluding hydrogens is 168 g/mol. The molecule has 0 aromatic heterocycles. The van der Waals surface area contributed by atoms with E-state index in [-0.39, 0.29) is 5.78 Å². The van der Waals surface area contributed by atoms with Gasteiger partial charge in [-0.25, -0.2) is 0 Å². The lowest BCUT2D eigenvalue weighted by Gasteiger charge is -2.05. The fraction of sp³-hybridized carbons (Fsp3) is 0.300. The van der Waals surface area contributed by atoms with E-state index in [0.29, 0.717) is 11.3 Å². The lowest BCUT2D eigenvalue weighted by molar-refractivity contribution is 0.0903. The number of hydrogen-bond donors (Lipinski definition) is 1. The first-order valence-electron chi connectivity index (χ1n) is 3.97. The first-order chi connectivity index (χ1) is 6.19. The number of aryl methyl sites for hydroxylation is 1. The van der Waals surface area contributed by atoms with Gasteiger partial charge in [-0.05, 0) is 18.6 Å². The lowest BCUT2D eigenvalue weighted by atomic mass is 10.1. The van der Waals surface area contributed by atoms with E-state index in [9.17, 15) is 4.79 Å². The van der Waals surface area contributed by atoms with Crippen LogP contribution in [0.15, 0.2) is 18.2 Å². The smallest absolute Gasteiger partial charge is 0.188 e. The molecule has 1 N–H and O–H groups in total. The topological polar surface area (TPSA) is 46.5 Å². The number of ketones is 1. The summed E-state index contributed by atoms with van der Waals surface area (Å²) < 4.78 is 5.05. The van der Waals surface area contributed by atoms with Gasteiger partial charge in [-0.3, -0.25) is 4.79 Å². The summed E-state index contributed by atoms with van der Waals surface area (Å²) in [6.45, 7) is 1.43. The zero-order valence-corrected chi connectivity index (χ0v) is 7.70. The predicted octanol–water partition coefficient (Wildman–Crippen LogP) is 1.18. The summed E-state index contributed by atoms with van der Waals surface area (Å²) in [5.41, 5.74) is 1.45. The van der Waals surface area contributed by atoms with Gasteiger partial charge in [-0.15, -0.1) is 0 Å². The van der Waals surface area contributed by atoms with Crippen LogP contribution in [0.5, 0.6) is 5.75 Å². The Labute approximate surface area is 77.0 Å². The summed E-state index contributed by atoms with van der Waals surface area (Å²) in [7, 11) is 1.55. The summed E-state index contributed by atoms with van der Waals surface area (Å²) in [6, 6.07) is 5.10. The second-order valence-electron chi connectivity index (χ2n) is 2.77. The van der Waals surface area contributed by atoms with Crippen molar-refractivity contribution in [2.75, 3.05) is 13.7 Å². The van der Waals surface area contributed by atoms with E-state index in [1.807, 2.05) is 6.92 Å². The van der Waals surface area contributed by atoms with Crippen molar-refractivity contribution in [3.05, 3.63) is 29.3 Å². The number of carbonyl (C=O) groups is 1. The molecule has 0 saturated carbocycles. The summed E-state index contributed by atoms with van der Waals surface area (Å²) in [5.74, 6) is 0.373. The molecule has 0 spiro atoms. The first-order valence-corrected chi connectivity index (χ1v) is 3.97. The minimum Gasteiger partial charge on any atom is -0.496 e. The third-order valence-electron chi connectivity index (χ3n) is 1.87. The van der Waals surface area contributed by atoms with E-state index in [1.54, 1.807) is 25.3 Å². The second-order valence-corrected chi connectivity index (χ2v) is 2.77. The van der Waals surface area contributed by atoms with Crippen LogP contribution in [-0.2, 0) is 0 Å². The summed E-state index contributed by atoms with van der Waals surface area (Å²) in [5, 5.41) is 8.63. The van der Waals surface area contributed by atoms with Crippen LogP contribution in [0.25, 0.3) is 0 Å². The van der Waals surface area contributed by atoms with Crippen molar-refractivity contribution >= 4 is 5.78 Å². The molecule has 0 unspecified atom stereocenters. The molecule has 0 aliphatic rings. The molecule has 0 atom stereocenters. The molecule has 13 heavy (non-hydrogen) atoms. The highest BCUT2D eigenvalue weighted by Crippen LogP contribution is 2.18. The van der Waals surface area contributed by atoms with Crippen LogP contribution in [0.3, 0.4) is 0 Å². The Bertz CT molecular complexity index is 318. The van der Waals surface area contributed by atoms with Crippen molar-refractivity contribution in [3.8, 4) is 5.75 Å². The highest BCUT2D eigenvalue weighted by Gasteiger charge is 2.06. The summed E-state index contributed by atoms with van der Waals surface area (Å²) in [6.07, 6.45) is 0. The molecule has 0 amide bonds. The molecule has 0 aliphatic heterocycles. The van der Waals surface area contributed by atoms with Crippen LogP contribution in [0.2, 0.25) is 0 Å². The van der Waals surface area contributed by atoms with Gasteiger partial charge in [0.15, 0.2) is 5.78 Å². The summed E-state index contributed by atoms with van der Waals surface area (Å²) in [4.78, 5) is 11.1. The Hall–Kier alpha value is -1.35. The third-order valence-corrected chi connectivity index (χ3v) is 1.87. The van der Waals surface area contributed by atoms with Gasteiger partial charge < -0.3 is 9.84 Å². The Morgan fingerprint density at radius 1 is 1.54 bits per heavy atom. The van der Waals surface area contributed by atoms with Crippen molar-refractivity contribution in [3.63, 3.8) is 0 Å². The molecule has 0 aliphatic carbocycles. The summed E-state index contributed by atoms with van der Waals surface area (Å²) >= 11 is 0. The Morgan fingerprint density at radius 3 is 2.77 bits per heavy atom. The molecular formula is C10H12O3. The molecule has 3 nitrogen and oxygen atoms in total. The number of ether oxygens (including phenoxy) is 1. The quantitative estimate of drug-likeness (QED) is 0.710. The van der Waals surface area contributed by atoms with Crippen LogP contribution in [-0.4, -0.2) is 24.6 Å². The largest absolute Gasteiger partial charge is 0.496 e. The first kappa shape index (κ1) is 9.74. The molecule has 0 saturated heterocycles. The maximum Gasteiger partial charge on any atom is 0.188 e. The van der Waals surface area contributed by atoms with Crippen molar-refractivity contribution in [2.24, 2.45) is 0 Å². The molecule has 1 rings (SSSR count). The zero-order chi connectivity index (χ0) is 9.84. The average molecular weight is 180 g/mol. The standard InChI is InChI=1S/C10H12O3/c1-7-3-4-8(9(12)6-11)5-10(7)13-2/h3-5,11H,6H2,1-2H3. The van der Waals surface area contributed by atoms with Gasteiger partial charge in [0.2, 0.25) is 0 Å². The maximum absolute atomic E-state index is 11.1. The number of carbonyl (C=O) groups excluding carboxylic acids is 1. The third kappa shape index (κ3) is 2.06. The van der Waals surface area contributed by atoms with Crippen molar-refractivity contribution in [1.29, 1.82) is 0 Å². The van der Waals surface area contributed by atoms with Crippen LogP contribution < -0.4 is 4.74 Å². The molecule has 0 bridgehead atoms. The van der Waals surface area contributed by atoms with E-state index < -0.39 is 6.61 Å². The minimum absolute atomic E-state index is 0.293. The molecule has 70 valence electrons. The number of Topliss-reactive ketones (excluding diaryl/α,β-unsaturated/α-hetero) is 1.